The smallest absolute Gasteiger partial charge is 0.228 e. The molecule has 2 rings (SSSR count). The average molecular weight is 322 g/mol. The van der Waals surface area contributed by atoms with Crippen LogP contribution < -0.4 is 5.32 Å². The number of halogens is 1. The van der Waals surface area contributed by atoms with Gasteiger partial charge in [0.05, 0.1) is 0 Å². The Hall–Kier alpha value is -1.09. The molecule has 0 fully saturated rings. The first kappa shape index (κ1) is 14.3. The van der Waals surface area contributed by atoms with Crippen LogP contribution in [0.5, 0.6) is 0 Å². The van der Waals surface area contributed by atoms with E-state index in [1.54, 1.807) is 0 Å². The van der Waals surface area contributed by atoms with Gasteiger partial charge in [-0.2, -0.15) is 0 Å². The maximum Gasteiger partial charge on any atom is 0.228 e. The van der Waals surface area contributed by atoms with Crippen LogP contribution in [0.2, 0.25) is 0 Å². The zero-order valence-corrected chi connectivity index (χ0v) is 13.1. The topological polar surface area (TPSA) is 29.1 Å². The Balaban J connectivity index is 2.04. The van der Waals surface area contributed by atoms with Gasteiger partial charge in [0.25, 0.3) is 0 Å². The Bertz CT molecular complexity index is 496. The van der Waals surface area contributed by atoms with Crippen molar-refractivity contribution in [2.24, 2.45) is 0 Å². The molecule has 1 amide bonds. The number of benzene rings is 1. The molecule has 102 valence electrons. The molecule has 2 nitrogen and oxygen atoms in total. The fourth-order valence-corrected chi connectivity index (χ4v) is 3.25. The van der Waals surface area contributed by atoms with Crippen LogP contribution in [0, 0.1) is 13.8 Å². The fourth-order valence-electron chi connectivity index (χ4n) is 2.56. The Kier molecular flexibility index (Phi) is 4.81. The van der Waals surface area contributed by atoms with E-state index >= 15 is 0 Å². The molecule has 3 heteroatoms. The molecule has 19 heavy (non-hydrogen) atoms. The Labute approximate surface area is 123 Å². The Morgan fingerprint density at radius 2 is 1.95 bits per heavy atom. The summed E-state index contributed by atoms with van der Waals surface area (Å²) in [5.74, 6) is 0.0988. The molecule has 0 unspecified atom stereocenters. The number of hydrogen-bond donors (Lipinski definition) is 1. The van der Waals surface area contributed by atoms with Gasteiger partial charge >= 0.3 is 0 Å². The molecular weight excluding hydrogens is 302 g/mol. The van der Waals surface area contributed by atoms with Crippen LogP contribution in [0.3, 0.4) is 0 Å². The summed E-state index contributed by atoms with van der Waals surface area (Å²) in [6.45, 7) is 4.04. The Morgan fingerprint density at radius 1 is 1.26 bits per heavy atom. The van der Waals surface area contributed by atoms with E-state index in [9.17, 15) is 4.79 Å². The molecule has 0 spiro atoms. The van der Waals surface area contributed by atoms with Gasteiger partial charge in [0, 0.05) is 16.6 Å². The second kappa shape index (κ2) is 6.38. The van der Waals surface area contributed by atoms with E-state index in [1.807, 2.05) is 26.0 Å². The standard InChI is InChI=1S/C16H20BrNO/c1-11-8-14(17)9-12(2)16(11)18-15(19)10-13-6-4-3-5-7-13/h6,8-9H,3-5,7,10H2,1-2H3,(H,18,19). The first-order valence-electron chi connectivity index (χ1n) is 6.81. The summed E-state index contributed by atoms with van der Waals surface area (Å²) in [4.78, 5) is 12.1. The summed E-state index contributed by atoms with van der Waals surface area (Å²) in [5, 5.41) is 3.05. The summed E-state index contributed by atoms with van der Waals surface area (Å²) >= 11 is 3.47. The molecular formula is C16H20BrNO. The molecule has 0 heterocycles. The van der Waals surface area contributed by atoms with Crippen LogP contribution in [0.1, 0.15) is 43.2 Å². The van der Waals surface area contributed by atoms with Crippen molar-refractivity contribution >= 4 is 27.5 Å². The van der Waals surface area contributed by atoms with Crippen molar-refractivity contribution in [3.63, 3.8) is 0 Å². The normalized spacial score (nSPS) is 15.0. The zero-order chi connectivity index (χ0) is 13.8. The monoisotopic (exact) mass is 321 g/mol. The second-order valence-corrected chi connectivity index (χ2v) is 6.16. The highest BCUT2D eigenvalue weighted by molar-refractivity contribution is 9.10. The summed E-state index contributed by atoms with van der Waals surface area (Å²) in [7, 11) is 0. The molecule has 1 aromatic carbocycles. The molecule has 0 atom stereocenters. The third-order valence-corrected chi connectivity index (χ3v) is 3.99. The number of aryl methyl sites for hydroxylation is 2. The predicted molar refractivity (Wildman–Crippen MR) is 83.4 cm³/mol. The lowest BCUT2D eigenvalue weighted by atomic mass is 9.97. The van der Waals surface area contributed by atoms with Crippen molar-refractivity contribution in [2.45, 2.75) is 46.0 Å². The van der Waals surface area contributed by atoms with Crippen molar-refractivity contribution in [1.29, 1.82) is 0 Å². The van der Waals surface area contributed by atoms with E-state index in [0.717, 1.165) is 34.1 Å². The lowest BCUT2D eigenvalue weighted by Gasteiger charge is -2.15. The van der Waals surface area contributed by atoms with Gasteiger partial charge in [-0.15, -0.1) is 0 Å². The van der Waals surface area contributed by atoms with E-state index in [-0.39, 0.29) is 5.91 Å². The molecule has 0 saturated heterocycles. The van der Waals surface area contributed by atoms with E-state index in [1.165, 1.54) is 18.4 Å². The maximum absolute atomic E-state index is 12.1. The number of nitrogens with one attached hydrogen (secondary N) is 1. The van der Waals surface area contributed by atoms with E-state index in [2.05, 4.69) is 27.3 Å². The predicted octanol–water partition coefficient (Wildman–Crippen LogP) is 4.89. The number of amides is 1. The summed E-state index contributed by atoms with van der Waals surface area (Å²) in [5.41, 5.74) is 4.43. The van der Waals surface area contributed by atoms with Crippen LogP contribution >= 0.6 is 15.9 Å². The minimum atomic E-state index is 0.0988. The van der Waals surface area contributed by atoms with Crippen molar-refractivity contribution in [3.8, 4) is 0 Å². The zero-order valence-electron chi connectivity index (χ0n) is 11.6. The van der Waals surface area contributed by atoms with Crippen LogP contribution in [-0.4, -0.2) is 5.91 Å². The number of anilines is 1. The minimum absolute atomic E-state index is 0.0988. The first-order valence-corrected chi connectivity index (χ1v) is 7.60. The van der Waals surface area contributed by atoms with Gasteiger partial charge in [0.2, 0.25) is 5.91 Å². The van der Waals surface area contributed by atoms with Crippen molar-refractivity contribution in [2.75, 3.05) is 5.32 Å². The van der Waals surface area contributed by atoms with Gasteiger partial charge in [-0.05, 0) is 62.8 Å². The SMILES string of the molecule is Cc1cc(Br)cc(C)c1NC(=O)CC1=CCCCC1. The molecule has 0 aliphatic heterocycles. The summed E-state index contributed by atoms with van der Waals surface area (Å²) in [6, 6.07) is 4.06. The molecule has 0 aromatic heterocycles. The van der Waals surface area contributed by atoms with E-state index in [0.29, 0.717) is 6.42 Å². The maximum atomic E-state index is 12.1. The highest BCUT2D eigenvalue weighted by atomic mass is 79.9. The molecule has 0 saturated carbocycles. The lowest BCUT2D eigenvalue weighted by molar-refractivity contribution is -0.115. The number of allylic oxidation sites excluding steroid dienone is 1. The summed E-state index contributed by atoms with van der Waals surface area (Å²) < 4.78 is 1.05. The second-order valence-electron chi connectivity index (χ2n) is 5.25. The minimum Gasteiger partial charge on any atom is -0.325 e. The first-order chi connectivity index (χ1) is 9.06. The Morgan fingerprint density at radius 3 is 2.53 bits per heavy atom. The third kappa shape index (κ3) is 3.93. The molecule has 0 radical (unpaired) electrons. The highest BCUT2D eigenvalue weighted by Gasteiger charge is 2.12. The fraction of sp³-hybridized carbons (Fsp3) is 0.438. The van der Waals surface area contributed by atoms with Gasteiger partial charge in [0.1, 0.15) is 0 Å². The largest absolute Gasteiger partial charge is 0.325 e. The summed E-state index contributed by atoms with van der Waals surface area (Å²) in [6.07, 6.45) is 7.44. The molecule has 0 bridgehead atoms. The van der Waals surface area contributed by atoms with Crippen LogP contribution in [0.4, 0.5) is 5.69 Å². The number of rotatable bonds is 3. The van der Waals surface area contributed by atoms with E-state index in [4.69, 9.17) is 0 Å². The van der Waals surface area contributed by atoms with Gasteiger partial charge in [0.15, 0.2) is 0 Å². The van der Waals surface area contributed by atoms with Crippen LogP contribution in [-0.2, 0) is 4.79 Å². The van der Waals surface area contributed by atoms with Crippen molar-refractivity contribution in [3.05, 3.63) is 39.4 Å². The van der Waals surface area contributed by atoms with Crippen LogP contribution in [0.15, 0.2) is 28.3 Å². The number of hydrogen-bond acceptors (Lipinski definition) is 1. The quantitative estimate of drug-likeness (QED) is 0.788. The van der Waals surface area contributed by atoms with E-state index < -0.39 is 0 Å². The molecule has 1 N–H and O–H groups in total. The van der Waals surface area contributed by atoms with Gasteiger partial charge < -0.3 is 5.32 Å². The third-order valence-electron chi connectivity index (χ3n) is 3.53. The van der Waals surface area contributed by atoms with Gasteiger partial charge in [-0.3, -0.25) is 4.79 Å². The molecule has 1 aliphatic carbocycles. The van der Waals surface area contributed by atoms with Crippen molar-refractivity contribution in [1.82, 2.24) is 0 Å². The average Bonchev–Trinajstić information content (AvgIpc) is 2.35. The van der Waals surface area contributed by atoms with Gasteiger partial charge in [-0.1, -0.05) is 27.6 Å². The van der Waals surface area contributed by atoms with Crippen LogP contribution in [0.25, 0.3) is 0 Å². The molecule has 1 aromatic rings. The number of carbonyl (C=O) groups excluding carboxylic acids is 1. The number of carbonyl (C=O) groups is 1. The van der Waals surface area contributed by atoms with Crippen molar-refractivity contribution < 1.29 is 4.79 Å². The highest BCUT2D eigenvalue weighted by Crippen LogP contribution is 2.26. The molecule has 1 aliphatic rings. The lowest BCUT2D eigenvalue weighted by Crippen LogP contribution is -2.14. The van der Waals surface area contributed by atoms with Gasteiger partial charge in [-0.25, -0.2) is 0 Å².